The van der Waals surface area contributed by atoms with E-state index in [4.69, 9.17) is 10.5 Å². The van der Waals surface area contributed by atoms with Gasteiger partial charge in [0.15, 0.2) is 0 Å². The molecule has 1 rings (SSSR count). The molecule has 0 saturated heterocycles. The van der Waals surface area contributed by atoms with E-state index in [0.717, 1.165) is 17.3 Å². The zero-order chi connectivity index (χ0) is 10.6. The Bertz CT molecular complexity index is 277. The summed E-state index contributed by atoms with van der Waals surface area (Å²) in [7, 11) is 1.73. The van der Waals surface area contributed by atoms with E-state index in [1.165, 1.54) is 5.56 Å². The van der Waals surface area contributed by atoms with Crippen molar-refractivity contribution < 1.29 is 4.74 Å². The predicted octanol–water partition coefficient (Wildman–Crippen LogP) is 3.33. The minimum atomic E-state index is 0.119. The van der Waals surface area contributed by atoms with Crippen LogP contribution in [0.25, 0.3) is 0 Å². The quantitative estimate of drug-likeness (QED) is 0.896. The largest absolute Gasteiger partial charge is 0.382 e. The van der Waals surface area contributed by atoms with Crippen LogP contribution in [0.2, 0.25) is 0 Å². The molecule has 2 N–H and O–H groups in total. The molecule has 1 heterocycles. The molecule has 0 aromatic carbocycles. The predicted molar refractivity (Wildman–Crippen MR) is 64.7 cm³/mol. The summed E-state index contributed by atoms with van der Waals surface area (Å²) in [6.07, 6.45) is 2.25. The Morgan fingerprint density at radius 3 is 2.71 bits per heavy atom. The SMILES string of the molecule is COC(C)CCC(N)c1cscc1Br. The van der Waals surface area contributed by atoms with E-state index in [-0.39, 0.29) is 6.04 Å². The number of ether oxygens (including phenoxy) is 1. The molecule has 0 aliphatic heterocycles. The van der Waals surface area contributed by atoms with Crippen molar-refractivity contribution in [3.05, 3.63) is 20.8 Å². The summed E-state index contributed by atoms with van der Waals surface area (Å²) in [6.45, 7) is 2.06. The highest BCUT2D eigenvalue weighted by atomic mass is 79.9. The molecular weight excluding hydrogens is 262 g/mol. The second-order valence-electron chi connectivity index (χ2n) is 3.41. The molecule has 0 aliphatic rings. The third-order valence-corrected chi connectivity index (χ3v) is 4.08. The molecule has 0 spiro atoms. The third kappa shape index (κ3) is 3.35. The number of halogens is 1. The fourth-order valence-electron chi connectivity index (χ4n) is 1.24. The van der Waals surface area contributed by atoms with Gasteiger partial charge < -0.3 is 10.5 Å². The van der Waals surface area contributed by atoms with Crippen LogP contribution in [0.3, 0.4) is 0 Å². The third-order valence-electron chi connectivity index (χ3n) is 2.33. The molecular formula is C10H16BrNOS. The lowest BCUT2D eigenvalue weighted by Gasteiger charge is -2.14. The first-order valence-electron chi connectivity index (χ1n) is 4.65. The Hall–Kier alpha value is 0.100. The molecule has 0 fully saturated rings. The lowest BCUT2D eigenvalue weighted by molar-refractivity contribution is 0.107. The summed E-state index contributed by atoms with van der Waals surface area (Å²) in [5, 5.41) is 4.17. The van der Waals surface area contributed by atoms with Crippen LogP contribution in [0.4, 0.5) is 0 Å². The first-order valence-corrected chi connectivity index (χ1v) is 6.38. The summed E-state index contributed by atoms with van der Waals surface area (Å²) in [5.41, 5.74) is 7.27. The van der Waals surface area contributed by atoms with E-state index in [0.29, 0.717) is 6.10 Å². The number of hydrogen-bond donors (Lipinski definition) is 1. The number of thiophene rings is 1. The van der Waals surface area contributed by atoms with Gasteiger partial charge in [-0.05, 0) is 46.6 Å². The number of hydrogen-bond acceptors (Lipinski definition) is 3. The summed E-state index contributed by atoms with van der Waals surface area (Å²) in [4.78, 5) is 0. The van der Waals surface area contributed by atoms with Gasteiger partial charge in [-0.25, -0.2) is 0 Å². The highest BCUT2D eigenvalue weighted by molar-refractivity contribution is 9.10. The molecule has 14 heavy (non-hydrogen) atoms. The maximum Gasteiger partial charge on any atom is 0.0543 e. The topological polar surface area (TPSA) is 35.2 Å². The monoisotopic (exact) mass is 277 g/mol. The Morgan fingerprint density at radius 2 is 2.21 bits per heavy atom. The van der Waals surface area contributed by atoms with E-state index in [9.17, 15) is 0 Å². The van der Waals surface area contributed by atoms with Crippen molar-refractivity contribution in [1.82, 2.24) is 0 Å². The van der Waals surface area contributed by atoms with Gasteiger partial charge in [0.05, 0.1) is 6.10 Å². The van der Waals surface area contributed by atoms with E-state index < -0.39 is 0 Å². The van der Waals surface area contributed by atoms with Crippen LogP contribution >= 0.6 is 27.3 Å². The minimum absolute atomic E-state index is 0.119. The summed E-state index contributed by atoms with van der Waals surface area (Å²) >= 11 is 5.17. The molecule has 4 heteroatoms. The van der Waals surface area contributed by atoms with Gasteiger partial charge in [-0.15, -0.1) is 0 Å². The standard InChI is InChI=1S/C10H16BrNOS/c1-7(13-2)3-4-10(12)8-5-14-6-9(8)11/h5-7,10H,3-4,12H2,1-2H3. The van der Waals surface area contributed by atoms with Gasteiger partial charge in [0.1, 0.15) is 0 Å². The van der Waals surface area contributed by atoms with E-state index in [1.54, 1.807) is 18.4 Å². The van der Waals surface area contributed by atoms with Crippen molar-refractivity contribution in [2.75, 3.05) is 7.11 Å². The molecule has 2 unspecified atom stereocenters. The molecule has 1 aromatic heterocycles. The summed E-state index contributed by atoms with van der Waals surface area (Å²) < 4.78 is 6.31. The molecule has 0 bridgehead atoms. The van der Waals surface area contributed by atoms with Crippen molar-refractivity contribution in [2.45, 2.75) is 31.9 Å². The normalized spacial score (nSPS) is 15.4. The first-order chi connectivity index (χ1) is 6.65. The second-order valence-corrected chi connectivity index (χ2v) is 5.00. The number of methoxy groups -OCH3 is 1. The van der Waals surface area contributed by atoms with Gasteiger partial charge in [0, 0.05) is 23.0 Å². The average molecular weight is 278 g/mol. The zero-order valence-corrected chi connectivity index (χ0v) is 10.9. The number of rotatable bonds is 5. The van der Waals surface area contributed by atoms with Crippen molar-refractivity contribution >= 4 is 27.3 Å². The number of nitrogens with two attached hydrogens (primary N) is 1. The summed E-state index contributed by atoms with van der Waals surface area (Å²) in [5.74, 6) is 0. The van der Waals surface area contributed by atoms with Gasteiger partial charge in [-0.2, -0.15) is 11.3 Å². The molecule has 0 aliphatic carbocycles. The highest BCUT2D eigenvalue weighted by Gasteiger charge is 2.11. The Morgan fingerprint density at radius 1 is 1.50 bits per heavy atom. The highest BCUT2D eigenvalue weighted by Crippen LogP contribution is 2.28. The molecule has 2 atom stereocenters. The van der Waals surface area contributed by atoms with Crippen LogP contribution in [-0.2, 0) is 4.74 Å². The molecule has 1 aromatic rings. The van der Waals surface area contributed by atoms with E-state index >= 15 is 0 Å². The van der Waals surface area contributed by atoms with E-state index in [1.807, 2.05) is 0 Å². The zero-order valence-electron chi connectivity index (χ0n) is 8.50. The van der Waals surface area contributed by atoms with Crippen molar-refractivity contribution in [2.24, 2.45) is 5.73 Å². The molecule has 0 amide bonds. The molecule has 2 nitrogen and oxygen atoms in total. The fraction of sp³-hybridized carbons (Fsp3) is 0.600. The van der Waals surface area contributed by atoms with Gasteiger partial charge in [-0.3, -0.25) is 0 Å². The van der Waals surface area contributed by atoms with Crippen LogP contribution in [0.1, 0.15) is 31.4 Å². The lowest BCUT2D eigenvalue weighted by Crippen LogP contribution is -2.14. The average Bonchev–Trinajstić information content (AvgIpc) is 2.60. The lowest BCUT2D eigenvalue weighted by atomic mass is 10.0. The second kappa shape index (κ2) is 5.85. The van der Waals surface area contributed by atoms with Crippen molar-refractivity contribution in [3.63, 3.8) is 0 Å². The molecule has 0 saturated carbocycles. The minimum Gasteiger partial charge on any atom is -0.382 e. The molecule has 80 valence electrons. The fourth-order valence-corrected chi connectivity index (χ4v) is 2.90. The maximum atomic E-state index is 6.06. The summed E-state index contributed by atoms with van der Waals surface area (Å²) in [6, 6.07) is 0.119. The Labute approximate surface area is 97.6 Å². The van der Waals surface area contributed by atoms with Crippen LogP contribution in [0.15, 0.2) is 15.2 Å². The first kappa shape index (κ1) is 12.2. The van der Waals surface area contributed by atoms with E-state index in [2.05, 4.69) is 33.6 Å². The van der Waals surface area contributed by atoms with Crippen LogP contribution in [0, 0.1) is 0 Å². The van der Waals surface area contributed by atoms with Gasteiger partial charge in [0.2, 0.25) is 0 Å². The van der Waals surface area contributed by atoms with Crippen LogP contribution in [-0.4, -0.2) is 13.2 Å². The molecule has 0 radical (unpaired) electrons. The van der Waals surface area contributed by atoms with Gasteiger partial charge >= 0.3 is 0 Å². The Balaban J connectivity index is 2.43. The van der Waals surface area contributed by atoms with Gasteiger partial charge in [0.25, 0.3) is 0 Å². The van der Waals surface area contributed by atoms with Crippen LogP contribution < -0.4 is 5.73 Å². The Kier molecular flexibility index (Phi) is 5.09. The maximum absolute atomic E-state index is 6.06. The smallest absolute Gasteiger partial charge is 0.0543 e. The van der Waals surface area contributed by atoms with Crippen molar-refractivity contribution in [1.29, 1.82) is 0 Å². The van der Waals surface area contributed by atoms with Crippen LogP contribution in [0.5, 0.6) is 0 Å². The van der Waals surface area contributed by atoms with Gasteiger partial charge in [-0.1, -0.05) is 0 Å². The van der Waals surface area contributed by atoms with Crippen molar-refractivity contribution in [3.8, 4) is 0 Å².